The molecular weight excluding hydrogens is 289 g/mol. The molecule has 0 radical (unpaired) electrons. The Morgan fingerprint density at radius 3 is 2.26 bits per heavy atom. The fourth-order valence-electron chi connectivity index (χ4n) is 2.85. The van der Waals surface area contributed by atoms with Gasteiger partial charge in [-0.3, -0.25) is 15.0 Å². The maximum atomic E-state index is 6.20. The minimum atomic E-state index is -0.469. The molecular formula is C17H18BN3O2. The van der Waals surface area contributed by atoms with Gasteiger partial charge in [0.15, 0.2) is 0 Å². The first kappa shape index (κ1) is 14.5. The third-order valence-electron chi connectivity index (χ3n) is 4.86. The summed E-state index contributed by atoms with van der Waals surface area (Å²) in [5.74, 6) is 0. The zero-order chi connectivity index (χ0) is 16.2. The van der Waals surface area contributed by atoms with Gasteiger partial charge in [-0.25, -0.2) is 0 Å². The quantitative estimate of drug-likeness (QED) is 0.510. The highest BCUT2D eigenvalue weighted by Crippen LogP contribution is 2.37. The largest absolute Gasteiger partial charge is 0.497 e. The van der Waals surface area contributed by atoms with E-state index in [2.05, 4.69) is 15.0 Å². The second kappa shape index (κ2) is 4.72. The van der Waals surface area contributed by atoms with Crippen molar-refractivity contribution in [3.05, 3.63) is 36.8 Å². The SMILES string of the molecule is CC1(C)OB(c2cc3nccnc3c3cccnc23)OC1(C)C. The molecule has 6 heteroatoms. The van der Waals surface area contributed by atoms with Gasteiger partial charge in [0.25, 0.3) is 0 Å². The Bertz CT molecular complexity index is 895. The van der Waals surface area contributed by atoms with Gasteiger partial charge >= 0.3 is 7.12 Å². The Morgan fingerprint density at radius 2 is 1.52 bits per heavy atom. The molecule has 3 heterocycles. The summed E-state index contributed by atoms with van der Waals surface area (Å²) in [5.41, 5.74) is 2.62. The first-order chi connectivity index (χ1) is 10.9. The van der Waals surface area contributed by atoms with E-state index in [0.29, 0.717) is 0 Å². The van der Waals surface area contributed by atoms with E-state index in [4.69, 9.17) is 9.31 Å². The van der Waals surface area contributed by atoms with E-state index in [9.17, 15) is 0 Å². The Kier molecular flexibility index (Phi) is 2.99. The molecule has 0 saturated carbocycles. The molecule has 0 aliphatic carbocycles. The van der Waals surface area contributed by atoms with E-state index >= 15 is 0 Å². The lowest BCUT2D eigenvalue weighted by Crippen LogP contribution is -2.41. The van der Waals surface area contributed by atoms with Gasteiger partial charge in [0.2, 0.25) is 0 Å². The predicted octanol–water partition coefficient (Wildman–Crippen LogP) is 2.48. The molecule has 0 bridgehead atoms. The Morgan fingerprint density at radius 1 is 0.870 bits per heavy atom. The van der Waals surface area contributed by atoms with Crippen molar-refractivity contribution < 1.29 is 9.31 Å². The molecule has 1 fully saturated rings. The third-order valence-corrected chi connectivity index (χ3v) is 4.86. The molecule has 4 rings (SSSR count). The number of fused-ring (bicyclic) bond motifs is 3. The molecule has 1 aliphatic heterocycles. The summed E-state index contributed by atoms with van der Waals surface area (Å²) in [5, 5.41) is 0.961. The topological polar surface area (TPSA) is 57.1 Å². The normalized spacial score (nSPS) is 19.6. The van der Waals surface area contributed by atoms with Crippen LogP contribution in [0.15, 0.2) is 36.8 Å². The van der Waals surface area contributed by atoms with Crippen LogP contribution in [0.25, 0.3) is 21.9 Å². The lowest BCUT2D eigenvalue weighted by Gasteiger charge is -2.32. The number of benzene rings is 1. The van der Waals surface area contributed by atoms with E-state index in [1.165, 1.54) is 0 Å². The van der Waals surface area contributed by atoms with Gasteiger partial charge in [-0.05, 0) is 45.9 Å². The number of aromatic nitrogens is 3. The minimum absolute atomic E-state index is 0.393. The molecule has 1 aromatic carbocycles. The number of hydrogen-bond donors (Lipinski definition) is 0. The maximum absolute atomic E-state index is 6.20. The highest BCUT2D eigenvalue weighted by atomic mass is 16.7. The molecule has 116 valence electrons. The third kappa shape index (κ3) is 2.13. The van der Waals surface area contributed by atoms with Crippen molar-refractivity contribution in [1.29, 1.82) is 0 Å². The number of nitrogens with zero attached hydrogens (tertiary/aromatic N) is 3. The average Bonchev–Trinajstić information content (AvgIpc) is 2.74. The second-order valence-electron chi connectivity index (χ2n) is 6.88. The van der Waals surface area contributed by atoms with E-state index in [1.807, 2.05) is 45.9 Å². The van der Waals surface area contributed by atoms with Gasteiger partial charge in [0.05, 0.1) is 27.8 Å². The summed E-state index contributed by atoms with van der Waals surface area (Å²) in [6, 6.07) is 5.89. The second-order valence-corrected chi connectivity index (χ2v) is 6.88. The molecule has 2 aromatic heterocycles. The average molecular weight is 307 g/mol. The lowest BCUT2D eigenvalue weighted by atomic mass is 9.77. The van der Waals surface area contributed by atoms with Crippen molar-refractivity contribution >= 4 is 34.5 Å². The number of hydrogen-bond acceptors (Lipinski definition) is 5. The first-order valence-electron chi connectivity index (χ1n) is 7.73. The maximum Gasteiger partial charge on any atom is 0.497 e. The van der Waals surface area contributed by atoms with Gasteiger partial charge < -0.3 is 9.31 Å². The molecule has 0 N–H and O–H groups in total. The van der Waals surface area contributed by atoms with Crippen LogP contribution in [0.4, 0.5) is 0 Å². The summed E-state index contributed by atoms with van der Waals surface area (Å²) >= 11 is 0. The molecule has 0 amide bonds. The van der Waals surface area contributed by atoms with Crippen LogP contribution in [-0.4, -0.2) is 33.3 Å². The summed E-state index contributed by atoms with van der Waals surface area (Å²) in [6.45, 7) is 8.18. The van der Waals surface area contributed by atoms with Crippen molar-refractivity contribution in [2.75, 3.05) is 0 Å². The highest BCUT2D eigenvalue weighted by molar-refractivity contribution is 6.65. The fourth-order valence-corrected chi connectivity index (χ4v) is 2.85. The highest BCUT2D eigenvalue weighted by Gasteiger charge is 2.52. The number of pyridine rings is 1. The summed E-state index contributed by atoms with van der Waals surface area (Å²) < 4.78 is 12.4. The molecule has 1 saturated heterocycles. The Labute approximate surface area is 135 Å². The molecule has 0 unspecified atom stereocenters. The lowest BCUT2D eigenvalue weighted by molar-refractivity contribution is 0.00578. The molecule has 0 spiro atoms. The minimum Gasteiger partial charge on any atom is -0.399 e. The number of rotatable bonds is 1. The van der Waals surface area contributed by atoms with E-state index in [1.54, 1.807) is 18.6 Å². The van der Waals surface area contributed by atoms with Gasteiger partial charge in [0.1, 0.15) is 0 Å². The first-order valence-corrected chi connectivity index (χ1v) is 7.73. The zero-order valence-corrected chi connectivity index (χ0v) is 13.7. The molecule has 3 aromatic rings. The van der Waals surface area contributed by atoms with E-state index < -0.39 is 18.3 Å². The van der Waals surface area contributed by atoms with Crippen molar-refractivity contribution in [2.45, 2.75) is 38.9 Å². The molecule has 0 atom stereocenters. The van der Waals surface area contributed by atoms with Crippen LogP contribution >= 0.6 is 0 Å². The Hall–Kier alpha value is -2.05. The zero-order valence-electron chi connectivity index (χ0n) is 13.7. The van der Waals surface area contributed by atoms with Crippen molar-refractivity contribution in [1.82, 2.24) is 15.0 Å². The van der Waals surface area contributed by atoms with Crippen molar-refractivity contribution in [3.63, 3.8) is 0 Å². The van der Waals surface area contributed by atoms with Gasteiger partial charge in [0, 0.05) is 29.4 Å². The summed E-state index contributed by atoms with van der Waals surface area (Å²) in [7, 11) is -0.469. The standard InChI is InChI=1S/C17H18BN3O2/c1-16(2)17(3,4)23-18(22-16)12-10-13-15(21-9-8-19-13)11-6-5-7-20-14(11)12/h5-10H,1-4H3. The van der Waals surface area contributed by atoms with Crippen LogP contribution < -0.4 is 5.46 Å². The van der Waals surface area contributed by atoms with Crippen LogP contribution in [0.2, 0.25) is 0 Å². The predicted molar refractivity (Wildman–Crippen MR) is 90.6 cm³/mol. The van der Waals surface area contributed by atoms with Crippen LogP contribution in [-0.2, 0) is 9.31 Å². The van der Waals surface area contributed by atoms with Crippen LogP contribution in [0.1, 0.15) is 27.7 Å². The monoisotopic (exact) mass is 307 g/mol. The van der Waals surface area contributed by atoms with Gasteiger partial charge in [-0.15, -0.1) is 0 Å². The Balaban J connectivity index is 1.97. The van der Waals surface area contributed by atoms with E-state index in [0.717, 1.165) is 27.4 Å². The van der Waals surface area contributed by atoms with Crippen molar-refractivity contribution in [3.8, 4) is 0 Å². The fraction of sp³-hybridized carbons (Fsp3) is 0.353. The van der Waals surface area contributed by atoms with Crippen LogP contribution in [0.5, 0.6) is 0 Å². The van der Waals surface area contributed by atoms with Crippen LogP contribution in [0.3, 0.4) is 0 Å². The molecule has 23 heavy (non-hydrogen) atoms. The molecule has 5 nitrogen and oxygen atoms in total. The van der Waals surface area contributed by atoms with Gasteiger partial charge in [-0.1, -0.05) is 0 Å². The smallest absolute Gasteiger partial charge is 0.399 e. The summed E-state index contributed by atoms with van der Waals surface area (Å²) in [6.07, 6.45) is 5.17. The van der Waals surface area contributed by atoms with Crippen LogP contribution in [0, 0.1) is 0 Å². The molecule has 1 aliphatic rings. The van der Waals surface area contributed by atoms with Crippen molar-refractivity contribution in [2.24, 2.45) is 0 Å². The van der Waals surface area contributed by atoms with E-state index in [-0.39, 0.29) is 0 Å². The summed E-state index contributed by atoms with van der Waals surface area (Å²) in [4.78, 5) is 13.4. The van der Waals surface area contributed by atoms with Gasteiger partial charge in [-0.2, -0.15) is 0 Å².